The van der Waals surface area contributed by atoms with Crippen molar-refractivity contribution >= 4 is 5.97 Å². The van der Waals surface area contributed by atoms with Crippen molar-refractivity contribution in [2.45, 2.75) is 18.6 Å². The van der Waals surface area contributed by atoms with Crippen molar-refractivity contribution in [1.82, 2.24) is 5.32 Å². The zero-order chi connectivity index (χ0) is 14.6. The van der Waals surface area contributed by atoms with Gasteiger partial charge < -0.3 is 19.9 Å². The van der Waals surface area contributed by atoms with Crippen LogP contribution in [0.15, 0.2) is 18.2 Å². The fourth-order valence-electron chi connectivity index (χ4n) is 2.12. The van der Waals surface area contributed by atoms with Gasteiger partial charge in [-0.1, -0.05) is 6.07 Å². The smallest absolute Gasteiger partial charge is 0.340 e. The van der Waals surface area contributed by atoms with Crippen molar-refractivity contribution in [3.63, 3.8) is 0 Å². The van der Waals surface area contributed by atoms with Crippen LogP contribution in [0.4, 0.5) is 4.39 Å². The molecule has 1 aromatic carbocycles. The number of carbonyl (C=O) groups excluding carboxylic acids is 1. The lowest BCUT2D eigenvalue weighted by molar-refractivity contribution is 0.0268. The number of esters is 1. The van der Waals surface area contributed by atoms with Crippen molar-refractivity contribution < 1.29 is 23.8 Å². The summed E-state index contributed by atoms with van der Waals surface area (Å²) in [6.07, 6.45) is 0.593. The molecule has 2 rings (SSSR count). The van der Waals surface area contributed by atoms with Crippen molar-refractivity contribution in [3.05, 3.63) is 35.1 Å². The molecule has 0 radical (unpaired) electrons. The molecule has 0 amide bonds. The Morgan fingerprint density at radius 2 is 2.40 bits per heavy atom. The molecule has 1 unspecified atom stereocenters. The number of halogens is 1. The average Bonchev–Trinajstić information content (AvgIpc) is 2.85. The molecule has 20 heavy (non-hydrogen) atoms. The molecule has 110 valence electrons. The molecule has 0 spiro atoms. The summed E-state index contributed by atoms with van der Waals surface area (Å²) in [6.45, 7) is 1.66. The highest BCUT2D eigenvalue weighted by atomic mass is 19.1. The predicted octanol–water partition coefficient (Wildman–Crippen LogP) is 0.853. The first-order chi connectivity index (χ1) is 9.54. The van der Waals surface area contributed by atoms with E-state index < -0.39 is 17.4 Å². The maximum absolute atomic E-state index is 13.7. The Balaban J connectivity index is 1.90. The molecule has 5 nitrogen and oxygen atoms in total. The molecule has 1 fully saturated rings. The van der Waals surface area contributed by atoms with Crippen LogP contribution in [0.2, 0.25) is 0 Å². The summed E-state index contributed by atoms with van der Waals surface area (Å²) in [6, 6.07) is 4.33. The van der Waals surface area contributed by atoms with E-state index in [0.717, 1.165) is 0 Å². The molecule has 0 aliphatic carbocycles. The Bertz CT molecular complexity index is 486. The molecule has 1 aliphatic rings. The molecule has 1 aliphatic heterocycles. The predicted molar refractivity (Wildman–Crippen MR) is 69.8 cm³/mol. The van der Waals surface area contributed by atoms with Crippen LogP contribution in [-0.2, 0) is 16.0 Å². The Hall–Kier alpha value is -1.50. The van der Waals surface area contributed by atoms with Crippen LogP contribution >= 0.6 is 0 Å². The molecule has 2 N–H and O–H groups in total. The van der Waals surface area contributed by atoms with Gasteiger partial charge in [0.1, 0.15) is 11.4 Å². The lowest BCUT2D eigenvalue weighted by Crippen LogP contribution is -2.40. The quantitative estimate of drug-likeness (QED) is 0.784. The Kier molecular flexibility index (Phi) is 4.69. The minimum atomic E-state index is -0.843. The number of hydrogen-bond acceptors (Lipinski definition) is 5. The van der Waals surface area contributed by atoms with E-state index >= 15 is 0 Å². The first-order valence-electron chi connectivity index (χ1n) is 6.42. The number of carbonyl (C=O) groups is 1. The van der Waals surface area contributed by atoms with E-state index in [1.807, 2.05) is 0 Å². The lowest BCUT2D eigenvalue weighted by atomic mass is 10.0. The summed E-state index contributed by atoms with van der Waals surface area (Å²) < 4.78 is 23.3. The van der Waals surface area contributed by atoms with E-state index in [1.54, 1.807) is 6.07 Å². The van der Waals surface area contributed by atoms with Gasteiger partial charge in [0.25, 0.3) is 0 Å². The maximum atomic E-state index is 13.7. The van der Waals surface area contributed by atoms with E-state index in [9.17, 15) is 14.3 Å². The van der Waals surface area contributed by atoms with Gasteiger partial charge in [0.2, 0.25) is 0 Å². The Morgan fingerprint density at radius 3 is 3.00 bits per heavy atom. The summed E-state index contributed by atoms with van der Waals surface area (Å²) in [5.74, 6) is -1.31. The van der Waals surface area contributed by atoms with E-state index in [2.05, 4.69) is 10.1 Å². The third-order valence-corrected chi connectivity index (χ3v) is 3.30. The van der Waals surface area contributed by atoms with Gasteiger partial charge in [-0.2, -0.15) is 0 Å². The first kappa shape index (κ1) is 14.9. The van der Waals surface area contributed by atoms with Gasteiger partial charge in [-0.3, -0.25) is 0 Å². The Morgan fingerprint density at radius 1 is 1.60 bits per heavy atom. The van der Waals surface area contributed by atoms with E-state index in [1.165, 1.54) is 19.2 Å². The van der Waals surface area contributed by atoms with Gasteiger partial charge >= 0.3 is 5.97 Å². The molecule has 1 aromatic rings. The third-order valence-electron chi connectivity index (χ3n) is 3.30. The van der Waals surface area contributed by atoms with Gasteiger partial charge in [0.05, 0.1) is 19.3 Å². The summed E-state index contributed by atoms with van der Waals surface area (Å²) in [5.41, 5.74) is -0.235. The maximum Gasteiger partial charge on any atom is 0.340 e. The molecule has 1 saturated heterocycles. The summed E-state index contributed by atoms with van der Waals surface area (Å²) >= 11 is 0. The highest BCUT2D eigenvalue weighted by Gasteiger charge is 2.31. The second kappa shape index (κ2) is 6.30. The van der Waals surface area contributed by atoms with E-state index in [-0.39, 0.29) is 5.56 Å². The normalized spacial score (nSPS) is 21.9. The lowest BCUT2D eigenvalue weighted by Gasteiger charge is -2.20. The Labute approximate surface area is 116 Å². The standard InChI is InChI=1S/C14H18FNO4/c1-19-13(17)11-3-2-10(6-12(11)15)7-16-8-14(18)4-5-20-9-14/h2-3,6,16,18H,4-5,7-9H2,1H3. The average molecular weight is 283 g/mol. The van der Waals surface area contributed by atoms with Crippen LogP contribution in [0.3, 0.4) is 0 Å². The molecule has 1 atom stereocenters. The number of ether oxygens (including phenoxy) is 2. The third kappa shape index (κ3) is 3.53. The van der Waals surface area contributed by atoms with E-state index in [0.29, 0.717) is 38.3 Å². The first-order valence-corrected chi connectivity index (χ1v) is 6.42. The topological polar surface area (TPSA) is 67.8 Å². The zero-order valence-corrected chi connectivity index (χ0v) is 11.3. The summed E-state index contributed by atoms with van der Waals surface area (Å²) in [7, 11) is 1.21. The zero-order valence-electron chi connectivity index (χ0n) is 11.3. The summed E-state index contributed by atoms with van der Waals surface area (Å²) in [5, 5.41) is 13.1. The van der Waals surface area contributed by atoms with Crippen molar-refractivity contribution in [2.75, 3.05) is 26.9 Å². The number of rotatable bonds is 5. The van der Waals surface area contributed by atoms with Crippen LogP contribution in [-0.4, -0.2) is 43.5 Å². The van der Waals surface area contributed by atoms with Crippen LogP contribution in [0.5, 0.6) is 0 Å². The number of benzene rings is 1. The minimum absolute atomic E-state index is 0.0842. The van der Waals surface area contributed by atoms with Crippen molar-refractivity contribution in [1.29, 1.82) is 0 Å². The molecule has 0 aromatic heterocycles. The number of aliphatic hydroxyl groups is 1. The van der Waals surface area contributed by atoms with Crippen LogP contribution in [0, 0.1) is 5.82 Å². The molecule has 0 saturated carbocycles. The van der Waals surface area contributed by atoms with Crippen molar-refractivity contribution in [3.8, 4) is 0 Å². The fraction of sp³-hybridized carbons (Fsp3) is 0.500. The van der Waals surface area contributed by atoms with Gasteiger partial charge in [0.15, 0.2) is 0 Å². The molecule has 0 bridgehead atoms. The number of nitrogens with one attached hydrogen (secondary N) is 1. The second-order valence-electron chi connectivity index (χ2n) is 4.94. The summed E-state index contributed by atoms with van der Waals surface area (Å²) in [4.78, 5) is 11.3. The molecule has 1 heterocycles. The van der Waals surface area contributed by atoms with Crippen LogP contribution in [0.25, 0.3) is 0 Å². The van der Waals surface area contributed by atoms with Gasteiger partial charge in [-0.25, -0.2) is 9.18 Å². The van der Waals surface area contributed by atoms with Crippen LogP contribution < -0.4 is 5.32 Å². The monoisotopic (exact) mass is 283 g/mol. The minimum Gasteiger partial charge on any atom is -0.465 e. The fourth-order valence-corrected chi connectivity index (χ4v) is 2.12. The highest BCUT2D eigenvalue weighted by Crippen LogP contribution is 2.17. The van der Waals surface area contributed by atoms with Crippen molar-refractivity contribution in [2.24, 2.45) is 0 Å². The highest BCUT2D eigenvalue weighted by molar-refractivity contribution is 5.89. The molecular formula is C14H18FNO4. The molecule has 6 heteroatoms. The number of methoxy groups -OCH3 is 1. The van der Waals surface area contributed by atoms with Gasteiger partial charge in [0, 0.05) is 26.1 Å². The largest absolute Gasteiger partial charge is 0.465 e. The van der Waals surface area contributed by atoms with Gasteiger partial charge in [-0.05, 0) is 17.7 Å². The van der Waals surface area contributed by atoms with Gasteiger partial charge in [-0.15, -0.1) is 0 Å². The molecular weight excluding hydrogens is 265 g/mol. The second-order valence-corrected chi connectivity index (χ2v) is 4.94. The number of hydrogen-bond donors (Lipinski definition) is 2. The van der Waals surface area contributed by atoms with Crippen LogP contribution in [0.1, 0.15) is 22.3 Å². The van der Waals surface area contributed by atoms with E-state index in [4.69, 9.17) is 4.74 Å². The SMILES string of the molecule is COC(=O)c1ccc(CNCC2(O)CCOC2)cc1F.